The minimum atomic E-state index is -1.16. The smallest absolute Gasteiger partial charge is 0.407 e. The van der Waals surface area contributed by atoms with Gasteiger partial charge in [-0.05, 0) is 20.8 Å². The third-order valence-corrected chi connectivity index (χ3v) is 1.76. The van der Waals surface area contributed by atoms with Gasteiger partial charge in [0.2, 0.25) is 0 Å². The van der Waals surface area contributed by atoms with Crippen LogP contribution >= 0.6 is 0 Å². The fraction of sp³-hybridized carbons (Fsp3) is 0.750. The lowest BCUT2D eigenvalue weighted by atomic mass is 10.2. The second-order valence-corrected chi connectivity index (χ2v) is 4.92. The number of amides is 2. The molecule has 0 saturated carbocycles. The fourth-order valence-corrected chi connectivity index (χ4v) is 1.03. The van der Waals surface area contributed by atoms with Gasteiger partial charge >= 0.3 is 18.2 Å². The van der Waals surface area contributed by atoms with E-state index in [9.17, 15) is 14.4 Å². The molecule has 0 heterocycles. The van der Waals surface area contributed by atoms with Crippen molar-refractivity contribution in [3.8, 4) is 0 Å². The first kappa shape index (κ1) is 19.0. The predicted octanol–water partition coefficient (Wildman–Crippen LogP) is 0.339. The van der Waals surface area contributed by atoms with E-state index in [4.69, 9.17) is 14.6 Å². The van der Waals surface area contributed by atoms with E-state index >= 15 is 0 Å². The molecule has 9 nitrogen and oxygen atoms in total. The Morgan fingerprint density at radius 2 is 1.67 bits per heavy atom. The predicted molar refractivity (Wildman–Crippen MR) is 72.0 cm³/mol. The molecule has 3 N–H and O–H groups in total. The van der Waals surface area contributed by atoms with Crippen molar-refractivity contribution >= 4 is 18.2 Å². The maximum Gasteiger partial charge on any atom is 0.407 e. The van der Waals surface area contributed by atoms with Crippen LogP contribution in [0.4, 0.5) is 9.59 Å². The Kier molecular flexibility index (Phi) is 8.86. The molecule has 9 heteroatoms. The Bertz CT molecular complexity index is 352. The molecule has 0 fully saturated rings. The standard InChI is InChI=1S/C12H22N2O7/c1-12(2,3)21-11(18)13-4-5-19-6-7-20-10(17)14-8-9(15)16/h4-8H2,1-3H3,(H,13,18)(H,14,17)(H,15,16). The van der Waals surface area contributed by atoms with Crippen LogP contribution in [0.25, 0.3) is 0 Å². The van der Waals surface area contributed by atoms with Crippen molar-refractivity contribution in [1.82, 2.24) is 10.6 Å². The number of hydrogen-bond acceptors (Lipinski definition) is 6. The van der Waals surface area contributed by atoms with Crippen LogP contribution in [0.1, 0.15) is 20.8 Å². The lowest BCUT2D eigenvalue weighted by molar-refractivity contribution is -0.135. The summed E-state index contributed by atoms with van der Waals surface area (Å²) in [5.74, 6) is -1.16. The molecule has 21 heavy (non-hydrogen) atoms. The van der Waals surface area contributed by atoms with Crippen LogP contribution in [0.3, 0.4) is 0 Å². The van der Waals surface area contributed by atoms with E-state index in [0.29, 0.717) is 0 Å². The topological polar surface area (TPSA) is 123 Å². The number of ether oxygens (including phenoxy) is 3. The van der Waals surface area contributed by atoms with Crippen molar-refractivity contribution < 1.29 is 33.7 Å². The zero-order valence-corrected chi connectivity index (χ0v) is 12.4. The Labute approximate surface area is 122 Å². The second kappa shape index (κ2) is 9.81. The molecule has 0 atom stereocenters. The Morgan fingerprint density at radius 3 is 2.24 bits per heavy atom. The van der Waals surface area contributed by atoms with Gasteiger partial charge in [-0.1, -0.05) is 0 Å². The minimum absolute atomic E-state index is 0.0160. The van der Waals surface area contributed by atoms with E-state index in [-0.39, 0.29) is 26.4 Å². The van der Waals surface area contributed by atoms with E-state index in [2.05, 4.69) is 10.1 Å². The number of rotatable bonds is 8. The molecule has 0 aliphatic heterocycles. The summed E-state index contributed by atoms with van der Waals surface area (Å²) in [5, 5.41) is 12.8. The van der Waals surface area contributed by atoms with Crippen LogP contribution in [-0.2, 0) is 19.0 Å². The van der Waals surface area contributed by atoms with Crippen molar-refractivity contribution in [3.63, 3.8) is 0 Å². The van der Waals surface area contributed by atoms with Crippen molar-refractivity contribution in [2.45, 2.75) is 26.4 Å². The van der Waals surface area contributed by atoms with E-state index < -0.39 is 30.3 Å². The van der Waals surface area contributed by atoms with Gasteiger partial charge in [-0.2, -0.15) is 0 Å². The highest BCUT2D eigenvalue weighted by Gasteiger charge is 2.15. The van der Waals surface area contributed by atoms with Crippen molar-refractivity contribution in [3.05, 3.63) is 0 Å². The monoisotopic (exact) mass is 306 g/mol. The fourth-order valence-electron chi connectivity index (χ4n) is 1.03. The summed E-state index contributed by atoms with van der Waals surface area (Å²) in [6.45, 7) is 5.40. The van der Waals surface area contributed by atoms with Crippen LogP contribution in [0.5, 0.6) is 0 Å². The molecule has 0 radical (unpaired) electrons. The molecule has 0 aromatic heterocycles. The van der Waals surface area contributed by atoms with Gasteiger partial charge in [0.1, 0.15) is 18.8 Å². The van der Waals surface area contributed by atoms with Gasteiger partial charge in [-0.25, -0.2) is 9.59 Å². The van der Waals surface area contributed by atoms with Gasteiger partial charge < -0.3 is 30.0 Å². The highest BCUT2D eigenvalue weighted by atomic mass is 16.6. The first-order chi connectivity index (χ1) is 9.70. The van der Waals surface area contributed by atoms with E-state index in [1.165, 1.54) is 0 Å². The molecule has 0 aliphatic rings. The molecule has 0 unspecified atom stereocenters. The summed E-state index contributed by atoms with van der Waals surface area (Å²) >= 11 is 0. The molecule has 0 aliphatic carbocycles. The third kappa shape index (κ3) is 14.2. The third-order valence-electron chi connectivity index (χ3n) is 1.76. The number of nitrogens with one attached hydrogen (secondary N) is 2. The molecule has 0 saturated heterocycles. The minimum Gasteiger partial charge on any atom is -0.480 e. The highest BCUT2D eigenvalue weighted by molar-refractivity contribution is 5.76. The molecule has 2 amide bonds. The average Bonchev–Trinajstić information content (AvgIpc) is 2.33. The number of carbonyl (C=O) groups excluding carboxylic acids is 2. The van der Waals surface area contributed by atoms with Gasteiger partial charge in [-0.3, -0.25) is 4.79 Å². The summed E-state index contributed by atoms with van der Waals surface area (Å²) in [6, 6.07) is 0. The maximum atomic E-state index is 11.2. The van der Waals surface area contributed by atoms with Crippen LogP contribution < -0.4 is 10.6 Å². The van der Waals surface area contributed by atoms with Crippen molar-refractivity contribution in [2.24, 2.45) is 0 Å². The lowest BCUT2D eigenvalue weighted by Crippen LogP contribution is -2.34. The zero-order chi connectivity index (χ0) is 16.3. The van der Waals surface area contributed by atoms with E-state index in [1.807, 2.05) is 5.32 Å². The number of alkyl carbamates (subject to hydrolysis) is 2. The first-order valence-electron chi connectivity index (χ1n) is 6.38. The molecule has 0 rings (SSSR count). The van der Waals surface area contributed by atoms with Gasteiger partial charge in [0, 0.05) is 6.54 Å². The second-order valence-electron chi connectivity index (χ2n) is 4.92. The van der Waals surface area contributed by atoms with Gasteiger partial charge in [0.05, 0.1) is 13.2 Å². The number of carbonyl (C=O) groups is 3. The van der Waals surface area contributed by atoms with E-state index in [1.54, 1.807) is 20.8 Å². The number of aliphatic carboxylic acids is 1. The molecule has 0 spiro atoms. The normalized spacial score (nSPS) is 10.6. The summed E-state index contributed by atoms with van der Waals surface area (Å²) in [7, 11) is 0. The molecular formula is C12H22N2O7. The van der Waals surface area contributed by atoms with Crippen LogP contribution in [0.2, 0.25) is 0 Å². The number of carboxylic acids is 1. The van der Waals surface area contributed by atoms with Gasteiger partial charge in [-0.15, -0.1) is 0 Å². The molecule has 0 aromatic rings. The summed E-state index contributed by atoms with van der Waals surface area (Å²) < 4.78 is 14.7. The SMILES string of the molecule is CC(C)(C)OC(=O)NCCOCCOC(=O)NCC(=O)O. The average molecular weight is 306 g/mol. The molecular weight excluding hydrogens is 284 g/mol. The maximum absolute atomic E-state index is 11.2. The van der Waals surface area contributed by atoms with Gasteiger partial charge in [0.15, 0.2) is 0 Å². The van der Waals surface area contributed by atoms with Crippen LogP contribution in [0.15, 0.2) is 0 Å². The Balaban J connectivity index is 3.42. The Morgan fingerprint density at radius 1 is 1.00 bits per heavy atom. The highest BCUT2D eigenvalue weighted by Crippen LogP contribution is 2.05. The van der Waals surface area contributed by atoms with E-state index in [0.717, 1.165) is 0 Å². The molecule has 122 valence electrons. The zero-order valence-electron chi connectivity index (χ0n) is 12.4. The van der Waals surface area contributed by atoms with Crippen LogP contribution in [0, 0.1) is 0 Å². The molecule has 0 aromatic carbocycles. The van der Waals surface area contributed by atoms with Crippen molar-refractivity contribution in [1.29, 1.82) is 0 Å². The molecule has 0 bridgehead atoms. The number of hydrogen-bond donors (Lipinski definition) is 3. The summed E-state index contributed by atoms with van der Waals surface area (Å²) in [5.41, 5.74) is -0.553. The quantitative estimate of drug-likeness (QED) is 0.552. The van der Waals surface area contributed by atoms with Crippen LogP contribution in [-0.4, -0.2) is 61.8 Å². The van der Waals surface area contributed by atoms with Gasteiger partial charge in [0.25, 0.3) is 0 Å². The summed E-state index contributed by atoms with van der Waals surface area (Å²) in [6.07, 6.45) is -1.36. The number of carboxylic acid groups (broad SMARTS) is 1. The Hall–Kier alpha value is -2.03. The largest absolute Gasteiger partial charge is 0.480 e. The first-order valence-corrected chi connectivity index (χ1v) is 6.38. The summed E-state index contributed by atoms with van der Waals surface area (Å²) in [4.78, 5) is 32.3. The lowest BCUT2D eigenvalue weighted by Gasteiger charge is -2.19. The van der Waals surface area contributed by atoms with Crippen molar-refractivity contribution in [2.75, 3.05) is 32.9 Å².